The van der Waals surface area contributed by atoms with E-state index in [1.54, 1.807) is 81.1 Å². The molecule has 9 aromatic heterocycles. The zero-order valence-electron chi connectivity index (χ0n) is 71.4. The van der Waals surface area contributed by atoms with Gasteiger partial charge in [-0.2, -0.15) is 44.1 Å². The third-order valence-electron chi connectivity index (χ3n) is 17.6. The number of ketones is 1. The summed E-state index contributed by atoms with van der Waals surface area (Å²) in [5.74, 6) is 0.985. The molecule has 0 radical (unpaired) electrons. The molecule has 0 aliphatic carbocycles. The summed E-state index contributed by atoms with van der Waals surface area (Å²) in [5.41, 5.74) is 17.2. The number of carbonyl (C=O) groups is 3. The fourth-order valence-corrected chi connectivity index (χ4v) is 17.9. The normalized spacial score (nSPS) is 11.8. The minimum Gasteiger partial charge on any atom is -0.443 e. The number of fused-ring (bicyclic) bond motifs is 4. The van der Waals surface area contributed by atoms with Gasteiger partial charge in [-0.15, -0.1) is 94.6 Å². The highest BCUT2D eigenvalue weighted by molar-refractivity contribution is 7.88. The van der Waals surface area contributed by atoms with Gasteiger partial charge in [-0.1, -0.05) is 150 Å². The van der Waals surface area contributed by atoms with Crippen LogP contribution in [0, 0.1) is 0 Å². The van der Waals surface area contributed by atoms with Crippen molar-refractivity contribution in [2.75, 3.05) is 19.0 Å². The maximum atomic E-state index is 12.6. The second kappa shape index (κ2) is 42.2. The minimum absolute atomic E-state index is 0.0528. The number of nitrogens with zero attached hydrogens (tertiary/aromatic N) is 14. The van der Waals surface area contributed by atoms with Crippen LogP contribution in [0.5, 0.6) is 0 Å². The maximum Gasteiger partial charge on any atom is 0.474 e. The highest BCUT2D eigenvalue weighted by atomic mass is 32.2. The fourth-order valence-electron chi connectivity index (χ4n) is 11.9. The predicted octanol–water partition coefficient (Wildman–Crippen LogP) is 12.0. The molecule has 0 fully saturated rings. The van der Waals surface area contributed by atoms with Crippen LogP contribution >= 0.6 is 45.3 Å². The van der Waals surface area contributed by atoms with Crippen molar-refractivity contribution in [3.63, 3.8) is 0 Å². The molecule has 11 N–H and O–H groups in total. The lowest BCUT2D eigenvalue weighted by molar-refractivity contribution is -0.512. The number of pyridine rings is 1. The second-order valence-corrected chi connectivity index (χ2v) is 40.6. The van der Waals surface area contributed by atoms with Crippen LogP contribution in [0.25, 0.3) is 85.4 Å². The molecular formula is C85H85N22O17S8+. The number of benzene rings is 8. The lowest BCUT2D eigenvalue weighted by Gasteiger charge is -2.19. The average Bonchev–Trinajstić information content (AvgIpc) is 1.67. The van der Waals surface area contributed by atoms with Crippen LogP contribution in [0.2, 0.25) is 0 Å². The molecule has 9 heterocycles. The van der Waals surface area contributed by atoms with Gasteiger partial charge >= 0.3 is 32.6 Å². The number of hydrogen-bond donors (Lipinski definition) is 8. The number of carbonyl (C=O) groups excluding carboxylic acids is 3. The number of aromatic nitrogens is 13. The summed E-state index contributed by atoms with van der Waals surface area (Å²) in [7, 11) is -12.2. The van der Waals surface area contributed by atoms with E-state index < -0.39 is 70.0 Å². The highest BCUT2D eigenvalue weighted by Crippen LogP contribution is 2.35. The van der Waals surface area contributed by atoms with Crippen LogP contribution in [0.1, 0.15) is 113 Å². The van der Waals surface area contributed by atoms with E-state index in [0.717, 1.165) is 93.4 Å². The first-order valence-electron chi connectivity index (χ1n) is 39.6. The van der Waals surface area contributed by atoms with E-state index >= 15 is 0 Å². The Morgan fingerprint density at radius 2 is 0.720 bits per heavy atom. The van der Waals surface area contributed by atoms with Gasteiger partial charge in [-0.3, -0.25) is 4.79 Å². The van der Waals surface area contributed by atoms with Gasteiger partial charge in [0.2, 0.25) is 41.2 Å². The van der Waals surface area contributed by atoms with Crippen molar-refractivity contribution in [2.45, 2.75) is 98.2 Å². The van der Waals surface area contributed by atoms with Crippen LogP contribution < -0.4 is 48.5 Å². The first-order valence-corrected chi connectivity index (χ1v) is 48.8. The number of amides is 2. The van der Waals surface area contributed by atoms with E-state index in [1.165, 1.54) is 46.2 Å². The van der Waals surface area contributed by atoms with Crippen LogP contribution in [-0.4, -0.2) is 138 Å². The number of ether oxygens (including phenoxy) is 2. The highest BCUT2D eigenvalue weighted by Gasteiger charge is 2.30. The van der Waals surface area contributed by atoms with Gasteiger partial charge in [-0.25, -0.2) is 44.5 Å². The average molecular weight is 1940 g/mol. The minimum atomic E-state index is -4.16. The first-order chi connectivity index (χ1) is 62.7. The Kier molecular flexibility index (Phi) is 30.8. The summed E-state index contributed by atoms with van der Waals surface area (Å²) in [4.78, 5) is 55.7. The molecule has 8 aromatic carbocycles. The molecule has 2 amide bonds. The summed E-state index contributed by atoms with van der Waals surface area (Å²) in [6.45, 7) is 9.35. The van der Waals surface area contributed by atoms with E-state index in [9.17, 15) is 48.1 Å². The van der Waals surface area contributed by atoms with E-state index in [0.29, 0.717) is 48.3 Å². The monoisotopic (exact) mass is 1940 g/mol. The van der Waals surface area contributed by atoms with E-state index in [4.69, 9.17) is 43.2 Å². The van der Waals surface area contributed by atoms with Gasteiger partial charge in [0.05, 0.1) is 86.3 Å². The SMILES string of the molecule is CC(C)(C)OC(=O)NS(=O)(=O)NCc1nnc(Cc2nc3ccc(-c4ccccc4)cc3s2)o1.CN(C)c1cc[n+](S(=O)(=O)NC(=O)OC(C)(C)C)cc1.NCc1nnc(Cc2nc3ccc(-c4ccccc4)cc3s2)o1.NS(=O)(=O)NCc1nnc(C(=O)c2nc3ccc(-c4ccccc4)cc3s2)o1.NS(=O)(=O)NCc1nnc(Cc2nc3ccc(-c4ccccc4)cc3s2)o1. The molecule has 0 spiro atoms. The van der Waals surface area contributed by atoms with Crippen molar-refractivity contribution in [1.82, 2.24) is 84.3 Å². The molecule has 0 unspecified atom stereocenters. The van der Waals surface area contributed by atoms with E-state index in [1.807, 2.05) is 156 Å². The molecule has 0 aliphatic rings. The molecule has 0 atom stereocenters. The Morgan fingerprint density at radius 3 is 1.08 bits per heavy atom. The number of anilines is 1. The van der Waals surface area contributed by atoms with Gasteiger partial charge in [0.1, 0.15) is 26.2 Å². The lowest BCUT2D eigenvalue weighted by Crippen LogP contribution is -2.52. The van der Waals surface area contributed by atoms with Crippen LogP contribution in [-0.2, 0) is 95.8 Å². The Hall–Kier alpha value is -13.4. The fraction of sp³-hybridized carbons (Fsp3) is 0.200. The predicted molar refractivity (Wildman–Crippen MR) is 497 cm³/mol. The summed E-state index contributed by atoms with van der Waals surface area (Å²) in [6.07, 6.45) is 1.83. The van der Waals surface area contributed by atoms with Crippen LogP contribution in [0.4, 0.5) is 15.3 Å². The molecule has 0 aliphatic heterocycles. The molecule has 39 nitrogen and oxygen atoms in total. The molecule has 0 bridgehead atoms. The third-order valence-corrected chi connectivity index (χ3v) is 25.0. The first kappa shape index (κ1) is 96.2. The van der Waals surface area contributed by atoms with Crippen LogP contribution in [0.3, 0.4) is 0 Å². The van der Waals surface area contributed by atoms with E-state index in [-0.39, 0.29) is 54.7 Å². The molecular weight excluding hydrogens is 1860 g/mol. The smallest absolute Gasteiger partial charge is 0.443 e. The molecule has 132 heavy (non-hydrogen) atoms. The zero-order valence-corrected chi connectivity index (χ0v) is 78.0. The van der Waals surface area contributed by atoms with Gasteiger partial charge < -0.3 is 37.8 Å². The largest absolute Gasteiger partial charge is 0.474 e. The summed E-state index contributed by atoms with van der Waals surface area (Å²) >= 11 is 5.95. The summed E-state index contributed by atoms with van der Waals surface area (Å²) < 4.78 is 138. The van der Waals surface area contributed by atoms with Gasteiger partial charge in [0.15, 0.2) is 17.4 Å². The Labute approximate surface area is 772 Å². The molecule has 17 rings (SSSR count). The van der Waals surface area contributed by atoms with Gasteiger partial charge in [0.25, 0.3) is 32.1 Å². The standard InChI is InChI=1S/C22H23N5O5S2.C17H13N5O4S2.C17H15N5O3S2.C17H14N4OS.C12H19N3O4S/c1-22(2,3)32-21(28)27-34(29,30)23-13-19-26-25-18(31-19)12-20-24-16-10-9-15(11-17(16)33-20)14-7-5-4-6-8-14;18-28(24,25)19-9-14-21-22-16(26-14)15(23)17-20-12-7-6-11(8-13(12)27-17)10-4-2-1-3-5-10;18-27(23,24)19-10-16-22-21-15(25-16)9-17-20-13-7-6-12(8-14(13)26-17)11-4-2-1-3-5-11;18-10-16-21-20-15(22-16)9-17-19-13-7-6-12(8-14(13)23-17)11-4-2-1-3-5-11;1-12(2,3)19-11(16)13-20(17,18)15-8-6-10(7-9-15)14(4)5/h4-11,23H,12-13H2,1-3H3,(H,27,28);1-8,19H,9H2,(H2,18,24,25);1-8,19H,9-10H2,(H2,18,23,24);1-8H,9-10,18H2;6-9H,1-5H3/p+1. The Morgan fingerprint density at radius 1 is 0.394 bits per heavy atom. The lowest BCUT2D eigenvalue weighted by atomic mass is 10.1. The number of rotatable bonds is 26. The Balaban J connectivity index is 0.000000142. The second-order valence-electron chi connectivity index (χ2n) is 30.4. The molecule has 0 saturated carbocycles. The number of thiazole rings is 4. The zero-order chi connectivity index (χ0) is 94.1. The number of nitrogens with two attached hydrogens (primary N) is 3. The topological polar surface area (TPSA) is 559 Å². The van der Waals surface area contributed by atoms with Crippen molar-refractivity contribution >= 4 is 151 Å². The molecule has 684 valence electrons. The maximum absolute atomic E-state index is 12.6. The van der Waals surface area contributed by atoms with Crippen molar-refractivity contribution < 1.29 is 79.2 Å². The van der Waals surface area contributed by atoms with Gasteiger partial charge in [0, 0.05) is 31.9 Å². The van der Waals surface area contributed by atoms with Crippen molar-refractivity contribution in [2.24, 2.45) is 16.0 Å². The summed E-state index contributed by atoms with van der Waals surface area (Å²) in [5, 5.41) is 43.2. The third kappa shape index (κ3) is 28.3. The van der Waals surface area contributed by atoms with Crippen LogP contribution in [0.15, 0.2) is 236 Å². The Bertz CT molecular complexity index is 7370. The molecule has 47 heteroatoms. The number of hydrogen-bond acceptors (Lipinski definition) is 35. The van der Waals surface area contributed by atoms with Gasteiger partial charge in [-0.05, 0) is 135 Å². The van der Waals surface area contributed by atoms with Crippen molar-refractivity contribution in [1.29, 1.82) is 0 Å². The van der Waals surface area contributed by atoms with Crippen molar-refractivity contribution in [3.05, 3.63) is 286 Å². The van der Waals surface area contributed by atoms with Crippen molar-refractivity contribution in [3.8, 4) is 44.5 Å². The quantitative estimate of drug-likeness (QED) is 0.0184. The van der Waals surface area contributed by atoms with E-state index in [2.05, 4.69) is 137 Å². The molecule has 0 saturated heterocycles. The number of nitrogens with one attached hydrogen (secondary N) is 5. The summed E-state index contributed by atoms with van der Waals surface area (Å²) in [6, 6.07) is 68.0. The molecule has 17 aromatic rings.